The molecule has 0 aliphatic rings. The number of nitrogens with two attached hydrogens (primary N) is 1. The van der Waals surface area contributed by atoms with Crippen LogP contribution in [0, 0.1) is 5.82 Å². The van der Waals surface area contributed by atoms with Gasteiger partial charge in [0, 0.05) is 13.1 Å². The van der Waals surface area contributed by atoms with E-state index in [1.807, 2.05) is 13.8 Å². The van der Waals surface area contributed by atoms with Gasteiger partial charge in [-0.25, -0.2) is 4.39 Å². The van der Waals surface area contributed by atoms with E-state index in [0.29, 0.717) is 0 Å². The molecule has 1 aromatic rings. The van der Waals surface area contributed by atoms with Crippen molar-refractivity contribution < 1.29 is 9.18 Å². The van der Waals surface area contributed by atoms with E-state index >= 15 is 0 Å². The van der Waals surface area contributed by atoms with Gasteiger partial charge in [-0.2, -0.15) is 0 Å². The van der Waals surface area contributed by atoms with E-state index in [1.54, 1.807) is 13.1 Å². The molecule has 0 unspecified atom stereocenters. The number of hydrogen-bond acceptors (Lipinski definition) is 3. The van der Waals surface area contributed by atoms with E-state index in [0.717, 1.165) is 0 Å². The van der Waals surface area contributed by atoms with Crippen molar-refractivity contribution in [3.05, 3.63) is 29.6 Å². The van der Waals surface area contributed by atoms with Crippen molar-refractivity contribution in [3.63, 3.8) is 0 Å². The van der Waals surface area contributed by atoms with Gasteiger partial charge in [0.1, 0.15) is 5.82 Å². The molecule has 0 spiro atoms. The second kappa shape index (κ2) is 4.94. The van der Waals surface area contributed by atoms with Crippen LogP contribution in [0.3, 0.4) is 0 Å². The first-order valence-electron chi connectivity index (χ1n) is 5.01. The molecule has 0 saturated carbocycles. The number of benzene rings is 1. The van der Waals surface area contributed by atoms with Crippen LogP contribution in [-0.4, -0.2) is 23.9 Å². The molecule has 4 nitrogen and oxygen atoms in total. The molecule has 0 aromatic heterocycles. The Morgan fingerprint density at radius 2 is 2.12 bits per heavy atom. The lowest BCUT2D eigenvalue weighted by molar-refractivity contribution is 0.0755. The maximum absolute atomic E-state index is 13.4. The van der Waals surface area contributed by atoms with Crippen LogP contribution in [0.1, 0.15) is 24.2 Å². The molecule has 88 valence electrons. The van der Waals surface area contributed by atoms with Crippen LogP contribution in [0.5, 0.6) is 0 Å². The van der Waals surface area contributed by atoms with Crippen LogP contribution < -0.4 is 11.3 Å². The highest BCUT2D eigenvalue weighted by molar-refractivity contribution is 5.99. The summed E-state index contributed by atoms with van der Waals surface area (Å²) in [6.45, 7) is 3.76. The Balaban J connectivity index is 3.13. The molecule has 1 amide bonds. The van der Waals surface area contributed by atoms with Gasteiger partial charge in [0.15, 0.2) is 0 Å². The lowest BCUT2D eigenvalue weighted by Crippen LogP contribution is -2.33. The van der Waals surface area contributed by atoms with Gasteiger partial charge in [-0.3, -0.25) is 10.6 Å². The summed E-state index contributed by atoms with van der Waals surface area (Å²) in [7, 11) is 1.66. The maximum atomic E-state index is 13.4. The lowest BCUT2D eigenvalue weighted by Gasteiger charge is -2.22. The third kappa shape index (κ3) is 2.30. The van der Waals surface area contributed by atoms with Crippen molar-refractivity contribution in [2.24, 2.45) is 5.84 Å². The topological polar surface area (TPSA) is 58.4 Å². The Morgan fingerprint density at radius 1 is 1.50 bits per heavy atom. The minimum Gasteiger partial charge on any atom is -0.339 e. The molecule has 0 bridgehead atoms. The number of halogens is 1. The zero-order valence-corrected chi connectivity index (χ0v) is 9.62. The van der Waals surface area contributed by atoms with E-state index in [-0.39, 0.29) is 23.2 Å². The number of carbonyl (C=O) groups is 1. The van der Waals surface area contributed by atoms with Crippen molar-refractivity contribution in [3.8, 4) is 0 Å². The Hall–Kier alpha value is -1.62. The van der Waals surface area contributed by atoms with Gasteiger partial charge in [-0.05, 0) is 26.0 Å². The summed E-state index contributed by atoms with van der Waals surface area (Å²) in [5.41, 5.74) is 2.48. The van der Waals surface area contributed by atoms with Gasteiger partial charge in [0.2, 0.25) is 0 Å². The number of hydrogen-bond donors (Lipinski definition) is 2. The first kappa shape index (κ1) is 12.4. The number of amides is 1. The summed E-state index contributed by atoms with van der Waals surface area (Å²) < 4.78 is 13.4. The zero-order chi connectivity index (χ0) is 12.3. The van der Waals surface area contributed by atoms with E-state index < -0.39 is 5.82 Å². The highest BCUT2D eigenvalue weighted by atomic mass is 19.1. The van der Waals surface area contributed by atoms with Crippen molar-refractivity contribution in [1.82, 2.24) is 4.90 Å². The summed E-state index contributed by atoms with van der Waals surface area (Å²) in [6, 6.07) is 4.32. The molecule has 0 fully saturated rings. The molecule has 1 aromatic carbocycles. The second-order valence-corrected chi connectivity index (χ2v) is 3.82. The van der Waals surface area contributed by atoms with Gasteiger partial charge in [-0.1, -0.05) is 6.07 Å². The lowest BCUT2D eigenvalue weighted by atomic mass is 10.1. The highest BCUT2D eigenvalue weighted by Crippen LogP contribution is 2.20. The molecule has 0 heterocycles. The van der Waals surface area contributed by atoms with Crippen molar-refractivity contribution in [2.75, 3.05) is 12.5 Å². The number of anilines is 1. The molecule has 0 radical (unpaired) electrons. The Morgan fingerprint density at radius 3 is 2.62 bits per heavy atom. The minimum absolute atomic E-state index is 0.0278. The molecule has 1 rings (SSSR count). The van der Waals surface area contributed by atoms with Crippen molar-refractivity contribution >= 4 is 11.6 Å². The number of nitrogens with one attached hydrogen (secondary N) is 1. The average molecular weight is 225 g/mol. The van der Waals surface area contributed by atoms with Crippen molar-refractivity contribution in [1.29, 1.82) is 0 Å². The first-order chi connectivity index (χ1) is 7.49. The Bertz CT molecular complexity index is 393. The van der Waals surface area contributed by atoms with Crippen LogP contribution in [0.2, 0.25) is 0 Å². The molecule has 3 N–H and O–H groups in total. The first-order valence-corrected chi connectivity index (χ1v) is 5.01. The number of hydrazine groups is 1. The number of rotatable bonds is 3. The fraction of sp³-hybridized carbons (Fsp3) is 0.364. The second-order valence-electron chi connectivity index (χ2n) is 3.82. The third-order valence-electron chi connectivity index (χ3n) is 2.48. The maximum Gasteiger partial charge on any atom is 0.256 e. The smallest absolute Gasteiger partial charge is 0.256 e. The van der Waals surface area contributed by atoms with Crippen LogP contribution in [0.25, 0.3) is 0 Å². The summed E-state index contributed by atoms with van der Waals surface area (Å²) in [5.74, 6) is 4.41. The quantitative estimate of drug-likeness (QED) is 0.606. The Kier molecular flexibility index (Phi) is 3.84. The number of para-hydroxylation sites is 1. The largest absolute Gasteiger partial charge is 0.339 e. The Labute approximate surface area is 94.2 Å². The van der Waals surface area contributed by atoms with Crippen molar-refractivity contribution in [2.45, 2.75) is 19.9 Å². The summed E-state index contributed by atoms with van der Waals surface area (Å²) in [6.07, 6.45) is 0. The van der Waals surface area contributed by atoms with Gasteiger partial charge in [0.05, 0.1) is 11.3 Å². The molecule has 5 heteroatoms. The molecule has 0 aliphatic heterocycles. The number of nitrogen functional groups attached to an aromatic ring is 1. The summed E-state index contributed by atoms with van der Waals surface area (Å²) >= 11 is 0. The minimum atomic E-state index is -0.537. The predicted molar refractivity (Wildman–Crippen MR) is 61.4 cm³/mol. The fourth-order valence-electron chi connectivity index (χ4n) is 1.27. The van der Waals surface area contributed by atoms with E-state index in [1.165, 1.54) is 17.0 Å². The predicted octanol–water partition coefficient (Wildman–Crippen LogP) is 1.59. The van der Waals surface area contributed by atoms with Crippen LogP contribution in [-0.2, 0) is 0 Å². The molecule has 0 aliphatic carbocycles. The number of carbonyl (C=O) groups excluding carboxylic acids is 1. The van der Waals surface area contributed by atoms with Gasteiger partial charge < -0.3 is 10.3 Å². The highest BCUT2D eigenvalue weighted by Gasteiger charge is 2.19. The van der Waals surface area contributed by atoms with Crippen LogP contribution in [0.4, 0.5) is 10.1 Å². The van der Waals surface area contributed by atoms with E-state index in [2.05, 4.69) is 5.43 Å². The zero-order valence-electron chi connectivity index (χ0n) is 9.62. The normalized spacial score (nSPS) is 10.4. The van der Waals surface area contributed by atoms with Crippen LogP contribution in [0.15, 0.2) is 18.2 Å². The number of nitrogens with zero attached hydrogens (tertiary/aromatic N) is 1. The van der Waals surface area contributed by atoms with E-state index in [9.17, 15) is 9.18 Å². The molecule has 0 saturated heterocycles. The fourth-order valence-corrected chi connectivity index (χ4v) is 1.27. The molecular weight excluding hydrogens is 209 g/mol. The van der Waals surface area contributed by atoms with Gasteiger partial charge in [-0.15, -0.1) is 0 Å². The summed E-state index contributed by atoms with van der Waals surface area (Å²) in [4.78, 5) is 13.5. The standard InChI is InChI=1S/C11H16FN3O/c1-7(2)15(3)11(16)8-5-4-6-9(12)10(8)14-13/h4-7,14H,13H2,1-3H3. The molecule has 16 heavy (non-hydrogen) atoms. The monoisotopic (exact) mass is 225 g/mol. The van der Waals surface area contributed by atoms with Crippen LogP contribution >= 0.6 is 0 Å². The van der Waals surface area contributed by atoms with E-state index in [4.69, 9.17) is 5.84 Å². The van der Waals surface area contributed by atoms with Gasteiger partial charge in [0.25, 0.3) is 5.91 Å². The average Bonchev–Trinajstić information content (AvgIpc) is 2.26. The summed E-state index contributed by atoms with van der Waals surface area (Å²) in [5, 5.41) is 0. The van der Waals surface area contributed by atoms with Gasteiger partial charge >= 0.3 is 0 Å². The molecule has 0 atom stereocenters. The SMILES string of the molecule is CC(C)N(C)C(=O)c1cccc(F)c1NN. The molecular formula is C11H16FN3O. The third-order valence-corrected chi connectivity index (χ3v) is 2.48.